The summed E-state index contributed by atoms with van der Waals surface area (Å²) in [4.78, 5) is 45.3. The average molecular weight is 725 g/mol. The van der Waals surface area contributed by atoms with Gasteiger partial charge in [0.2, 0.25) is 0 Å². The summed E-state index contributed by atoms with van der Waals surface area (Å²) in [6, 6.07) is 0. The molecule has 0 heterocycles. The number of rotatable bonds is 30. The monoisotopic (exact) mass is 724 g/mol. The van der Waals surface area contributed by atoms with Gasteiger partial charge in [-0.05, 0) is 64.2 Å². The molecule has 10 heteroatoms. The minimum Gasteiger partial charge on any atom is -1.00 e. The summed E-state index contributed by atoms with van der Waals surface area (Å²) in [5.41, 5.74) is 0. The van der Waals surface area contributed by atoms with E-state index >= 15 is 0 Å². The first-order valence-electron chi connectivity index (χ1n) is 18.0. The van der Waals surface area contributed by atoms with E-state index in [1.54, 1.807) is 0 Å². The third kappa shape index (κ3) is 58.2. The smallest absolute Gasteiger partial charge is 1.00 e. The number of hydrogen-bond acceptors (Lipinski definition) is 4. The van der Waals surface area contributed by atoms with E-state index in [4.69, 9.17) is 24.0 Å². The Morgan fingerprint density at radius 3 is 0.957 bits per heavy atom. The van der Waals surface area contributed by atoms with E-state index in [0.29, 0.717) is 12.8 Å². The molecule has 264 valence electrons. The molecule has 0 radical (unpaired) electrons. The number of carbonyl (C=O) groups is 2. The van der Waals surface area contributed by atoms with E-state index in [-0.39, 0.29) is 118 Å². The van der Waals surface area contributed by atoms with Gasteiger partial charge in [-0.1, -0.05) is 141 Å². The molecule has 46 heavy (non-hydrogen) atoms. The normalized spacial score (nSPS) is 11.2. The summed E-state index contributed by atoms with van der Waals surface area (Å²) in [6.45, 7) is 4.53. The second-order valence-electron chi connectivity index (χ2n) is 12.0. The van der Waals surface area contributed by atoms with Gasteiger partial charge in [-0.25, -0.2) is 4.57 Å². The number of esters is 2. The van der Waals surface area contributed by atoms with Crippen molar-refractivity contribution in [3.05, 3.63) is 24.3 Å². The van der Waals surface area contributed by atoms with Crippen molar-refractivity contribution in [3.63, 3.8) is 0 Å². The molecule has 0 aromatic rings. The van der Waals surface area contributed by atoms with Gasteiger partial charge < -0.3 is 22.3 Å². The minimum atomic E-state index is -4.64. The van der Waals surface area contributed by atoms with Gasteiger partial charge in [0.05, 0.1) is 0 Å². The average Bonchev–Trinajstić information content (AvgIpc) is 2.96. The van der Waals surface area contributed by atoms with Crippen LogP contribution in [0.25, 0.3) is 0 Å². The zero-order valence-electron chi connectivity index (χ0n) is 32.5. The van der Waals surface area contributed by atoms with Gasteiger partial charge in [-0.15, -0.1) is 0 Å². The Labute approximate surface area is 371 Å². The molecule has 0 unspecified atom stereocenters. The molecule has 0 bridgehead atoms. The van der Waals surface area contributed by atoms with Crippen LogP contribution in [-0.2, 0) is 18.9 Å². The second-order valence-corrected chi connectivity index (χ2v) is 13.1. The van der Waals surface area contributed by atoms with E-state index < -0.39 is 7.82 Å². The van der Waals surface area contributed by atoms with Crippen LogP contribution in [0.3, 0.4) is 0 Å². The Bertz CT molecular complexity index is 696. The minimum absolute atomic E-state index is 0. The van der Waals surface area contributed by atoms with Gasteiger partial charge in [-0.2, -0.15) is 0 Å². The molecule has 0 aliphatic rings. The third-order valence-electron chi connectivity index (χ3n) is 7.51. The molecule has 0 spiro atoms. The predicted octanol–water partition coefficient (Wildman–Crippen LogP) is 5.44. The summed E-state index contributed by atoms with van der Waals surface area (Å²) < 4.78 is 13.9. The Hall–Kier alpha value is 2.00. The van der Waals surface area contributed by atoms with Crippen LogP contribution in [-0.4, -0.2) is 26.6 Å². The number of allylic oxidation sites excluding steroid dienone is 4. The summed E-state index contributed by atoms with van der Waals surface area (Å²) >= 11 is 0. The maximum Gasteiger partial charge on any atom is 1.00 e. The molecule has 0 aliphatic carbocycles. The zero-order valence-corrected chi connectivity index (χ0v) is 37.7. The number of phosphoric acid groups is 1. The van der Waals surface area contributed by atoms with Gasteiger partial charge in [0.15, 0.2) is 0 Å². The van der Waals surface area contributed by atoms with Crippen molar-refractivity contribution in [1.82, 2.24) is 0 Å². The van der Waals surface area contributed by atoms with Gasteiger partial charge in [0.25, 0.3) is 0 Å². The standard InChI is InChI=1S/C36H66O3.2K.H3O4P.2H/c1-3-5-7-9-11-13-15-17-19-21-23-25-27-29-31-33-35(37)39-36(38)34-32-30-28-26-24-22-20-18-16-14-12-10-8-6-4-2;;;1-5(2,3)4;;/h17-20H,3-16,21-34H2,1-2H3;;;(H3,1,2,3,4);;/q;2*+1;;2*-1. The van der Waals surface area contributed by atoms with Crippen molar-refractivity contribution in [1.29, 1.82) is 0 Å². The predicted molar refractivity (Wildman–Crippen MR) is 186 cm³/mol. The van der Waals surface area contributed by atoms with Crippen LogP contribution in [0.15, 0.2) is 24.3 Å². The van der Waals surface area contributed by atoms with Crippen molar-refractivity contribution >= 4 is 19.8 Å². The molecule has 0 aliphatic heterocycles. The van der Waals surface area contributed by atoms with Crippen molar-refractivity contribution in [3.8, 4) is 0 Å². The maximum atomic E-state index is 11.9. The zero-order chi connectivity index (χ0) is 33.0. The number of carbonyl (C=O) groups excluding carboxylic acids is 2. The first kappa shape index (κ1) is 54.8. The summed E-state index contributed by atoms with van der Waals surface area (Å²) in [5.74, 6) is -0.684. The van der Waals surface area contributed by atoms with Gasteiger partial charge in [0.1, 0.15) is 0 Å². The van der Waals surface area contributed by atoms with Crippen molar-refractivity contribution in [2.75, 3.05) is 0 Å². The first-order chi connectivity index (χ1) is 21.2. The molecule has 0 amide bonds. The molecule has 3 N–H and O–H groups in total. The van der Waals surface area contributed by atoms with E-state index in [1.807, 2.05) is 0 Å². The summed E-state index contributed by atoms with van der Waals surface area (Å²) in [5, 5.41) is 0. The summed E-state index contributed by atoms with van der Waals surface area (Å²) in [6.07, 6.45) is 42.2. The van der Waals surface area contributed by atoms with Crippen LogP contribution < -0.4 is 103 Å². The van der Waals surface area contributed by atoms with Crippen LogP contribution in [0.5, 0.6) is 0 Å². The van der Waals surface area contributed by atoms with Gasteiger partial charge >= 0.3 is 123 Å². The SMILES string of the molecule is CCCCCCCCC=CCCCCCCCC(=O)OC(=O)CCCCCCCC=CCCCCCCCC.O=P(O)(O)O.[H-].[H-].[K+].[K+]. The van der Waals surface area contributed by atoms with E-state index in [9.17, 15) is 9.59 Å². The molecular weight excluding hydrogens is 654 g/mol. The molecule has 0 fully saturated rings. The van der Waals surface area contributed by atoms with E-state index in [0.717, 1.165) is 38.5 Å². The van der Waals surface area contributed by atoms with Crippen LogP contribution in [0, 0.1) is 0 Å². The number of ether oxygens (including phenoxy) is 1. The molecule has 0 aromatic carbocycles. The van der Waals surface area contributed by atoms with Crippen molar-refractivity contribution in [2.45, 2.75) is 194 Å². The van der Waals surface area contributed by atoms with E-state index in [1.165, 1.54) is 128 Å². The number of hydrogen-bond donors (Lipinski definition) is 3. The van der Waals surface area contributed by atoms with E-state index in [2.05, 4.69) is 38.2 Å². The quantitative estimate of drug-likeness (QED) is 0.0226. The number of unbranched alkanes of at least 4 members (excludes halogenated alkanes) is 22. The van der Waals surface area contributed by atoms with Crippen LogP contribution in [0.1, 0.15) is 196 Å². The van der Waals surface area contributed by atoms with Crippen LogP contribution in [0.4, 0.5) is 0 Å². The topological polar surface area (TPSA) is 121 Å². The van der Waals surface area contributed by atoms with Crippen molar-refractivity contribution in [2.24, 2.45) is 0 Å². The Morgan fingerprint density at radius 2 is 0.696 bits per heavy atom. The third-order valence-corrected chi connectivity index (χ3v) is 7.51. The first-order valence-corrected chi connectivity index (χ1v) is 19.6. The molecule has 7 nitrogen and oxygen atoms in total. The fourth-order valence-corrected chi connectivity index (χ4v) is 4.91. The molecule has 0 atom stereocenters. The second kappa shape index (κ2) is 45.0. The van der Waals surface area contributed by atoms with Gasteiger partial charge in [0, 0.05) is 12.8 Å². The fourth-order valence-electron chi connectivity index (χ4n) is 4.91. The Balaban J connectivity index is -0.000000453. The molecular formula is C36H71K2O7P. The molecule has 0 saturated heterocycles. The fraction of sp³-hybridized carbons (Fsp3) is 0.833. The molecule has 0 aromatic heterocycles. The Kier molecular flexibility index (Phi) is 53.6. The largest absolute Gasteiger partial charge is 1.00 e. The van der Waals surface area contributed by atoms with Crippen LogP contribution >= 0.6 is 7.82 Å². The molecule has 0 rings (SSSR count). The van der Waals surface area contributed by atoms with Crippen LogP contribution in [0.2, 0.25) is 0 Å². The Morgan fingerprint density at radius 1 is 0.478 bits per heavy atom. The van der Waals surface area contributed by atoms with Gasteiger partial charge in [-0.3, -0.25) is 9.59 Å². The summed E-state index contributed by atoms with van der Waals surface area (Å²) in [7, 11) is -4.64. The van der Waals surface area contributed by atoms with Crippen molar-refractivity contribution < 1.29 is 139 Å². The maximum absolute atomic E-state index is 11.9. The molecule has 0 saturated carbocycles.